The second kappa shape index (κ2) is 6.92. The van der Waals surface area contributed by atoms with E-state index in [2.05, 4.69) is 52.5 Å². The lowest BCUT2D eigenvalue weighted by molar-refractivity contribution is 0.203. The second-order valence-electron chi connectivity index (χ2n) is 8.60. The van der Waals surface area contributed by atoms with E-state index in [1.54, 1.807) is 11.3 Å². The van der Waals surface area contributed by atoms with E-state index >= 15 is 0 Å². The smallest absolute Gasteiger partial charge is 0.133 e. The zero-order valence-electron chi connectivity index (χ0n) is 16.4. The highest BCUT2D eigenvalue weighted by molar-refractivity contribution is 5.53. The first-order valence-electron chi connectivity index (χ1n) is 10.6. The fraction of sp³-hybridized carbons (Fsp3) is 0.522. The molecule has 4 heterocycles. The summed E-state index contributed by atoms with van der Waals surface area (Å²) >= 11 is 0. The van der Waals surface area contributed by atoms with Crippen LogP contribution in [0.2, 0.25) is 0 Å². The number of anilines is 1. The van der Waals surface area contributed by atoms with Crippen LogP contribution in [0.25, 0.3) is 0 Å². The number of nitrogens with zero attached hydrogens (tertiary/aromatic N) is 3. The molecular weight excluding hydrogens is 332 g/mol. The number of hydrogen-bond acceptors (Lipinski definition) is 3. The van der Waals surface area contributed by atoms with Crippen molar-refractivity contribution in [1.82, 2.24) is 14.8 Å². The molecule has 1 aromatic heterocycles. The van der Waals surface area contributed by atoms with E-state index in [1.165, 1.54) is 48.9 Å². The highest BCUT2D eigenvalue weighted by Gasteiger charge is 2.48. The summed E-state index contributed by atoms with van der Waals surface area (Å²) in [5.74, 6) is 1.10. The summed E-state index contributed by atoms with van der Waals surface area (Å²) in [6, 6.07) is 15.1. The fourth-order valence-electron chi connectivity index (χ4n) is 5.80. The van der Waals surface area contributed by atoms with Crippen LogP contribution in [0.5, 0.6) is 0 Å². The number of rotatable bonds is 3. The first-order valence-corrected chi connectivity index (χ1v) is 10.6. The molecule has 0 radical (unpaired) electrons. The maximum atomic E-state index is 4.55. The van der Waals surface area contributed by atoms with E-state index in [1.807, 2.05) is 12.3 Å². The van der Waals surface area contributed by atoms with Gasteiger partial charge >= 0.3 is 0 Å². The Morgan fingerprint density at radius 2 is 2.11 bits per heavy atom. The SMILES string of the molecule is C[C@H]1CCC[N+]1(c1ccc2c(c1)CCN(c1ccccn1)C2)[C@H]1CCNC1. The molecule has 0 saturated carbocycles. The van der Waals surface area contributed by atoms with Gasteiger partial charge in [0.05, 0.1) is 12.6 Å². The molecule has 2 saturated heterocycles. The molecule has 142 valence electrons. The zero-order chi connectivity index (χ0) is 18.3. The third-order valence-corrected chi connectivity index (χ3v) is 7.28. The normalized spacial score (nSPS) is 30.5. The second-order valence-corrected chi connectivity index (χ2v) is 8.60. The molecule has 27 heavy (non-hydrogen) atoms. The summed E-state index contributed by atoms with van der Waals surface area (Å²) in [5, 5.41) is 3.62. The highest BCUT2D eigenvalue weighted by atomic mass is 15.4. The van der Waals surface area contributed by atoms with Gasteiger partial charge in [-0.05, 0) is 42.7 Å². The molecule has 0 spiro atoms. The number of benzene rings is 1. The van der Waals surface area contributed by atoms with Crippen LogP contribution in [0.4, 0.5) is 11.5 Å². The van der Waals surface area contributed by atoms with Crippen LogP contribution < -0.4 is 14.7 Å². The van der Waals surface area contributed by atoms with Crippen LogP contribution in [-0.4, -0.2) is 43.2 Å². The Morgan fingerprint density at radius 1 is 1.15 bits per heavy atom. The number of aromatic nitrogens is 1. The van der Waals surface area contributed by atoms with Crippen LogP contribution in [0, 0.1) is 0 Å². The number of pyridine rings is 1. The Labute approximate surface area is 162 Å². The summed E-state index contributed by atoms with van der Waals surface area (Å²) in [7, 11) is 0. The molecule has 2 aromatic rings. The molecule has 2 fully saturated rings. The van der Waals surface area contributed by atoms with Gasteiger partial charge in [-0.3, -0.25) is 4.48 Å². The molecule has 0 aliphatic carbocycles. The molecule has 1 N–H and O–H groups in total. The fourth-order valence-corrected chi connectivity index (χ4v) is 5.80. The minimum Gasteiger partial charge on any atom is -0.352 e. The van der Waals surface area contributed by atoms with E-state index in [-0.39, 0.29) is 0 Å². The first kappa shape index (κ1) is 17.2. The van der Waals surface area contributed by atoms with Crippen LogP contribution >= 0.6 is 0 Å². The van der Waals surface area contributed by atoms with Gasteiger partial charge < -0.3 is 10.2 Å². The Morgan fingerprint density at radius 3 is 2.85 bits per heavy atom. The van der Waals surface area contributed by atoms with Crippen molar-refractivity contribution in [1.29, 1.82) is 0 Å². The maximum absolute atomic E-state index is 4.55. The lowest BCUT2D eigenvalue weighted by atomic mass is 9.96. The van der Waals surface area contributed by atoms with Crippen LogP contribution in [0.3, 0.4) is 0 Å². The first-order chi connectivity index (χ1) is 13.3. The average Bonchev–Trinajstić information content (AvgIpc) is 3.38. The topological polar surface area (TPSA) is 28.2 Å². The lowest BCUT2D eigenvalue weighted by Gasteiger charge is -2.44. The molecular formula is C23H31N4+. The molecule has 0 amide bonds. The third kappa shape index (κ3) is 2.86. The molecule has 1 unspecified atom stereocenters. The van der Waals surface area contributed by atoms with Crippen molar-refractivity contribution >= 4 is 11.5 Å². The van der Waals surface area contributed by atoms with E-state index < -0.39 is 0 Å². The van der Waals surface area contributed by atoms with E-state index in [9.17, 15) is 0 Å². The number of quaternary nitrogens is 1. The van der Waals surface area contributed by atoms with Crippen molar-refractivity contribution in [2.75, 3.05) is 31.1 Å². The quantitative estimate of drug-likeness (QED) is 0.846. The predicted octanol–water partition coefficient (Wildman–Crippen LogP) is 3.50. The van der Waals surface area contributed by atoms with Crippen molar-refractivity contribution in [2.45, 2.75) is 51.2 Å². The monoisotopic (exact) mass is 363 g/mol. The van der Waals surface area contributed by atoms with Crippen LogP contribution in [-0.2, 0) is 13.0 Å². The summed E-state index contributed by atoms with van der Waals surface area (Å²) in [5.41, 5.74) is 4.60. The molecule has 3 aliphatic heterocycles. The molecule has 3 atom stereocenters. The van der Waals surface area contributed by atoms with Gasteiger partial charge in [-0.25, -0.2) is 4.98 Å². The molecule has 1 aromatic carbocycles. The van der Waals surface area contributed by atoms with Crippen LogP contribution in [0.1, 0.15) is 37.3 Å². The number of nitrogens with one attached hydrogen (secondary N) is 1. The zero-order valence-corrected chi connectivity index (χ0v) is 16.4. The number of fused-ring (bicyclic) bond motifs is 1. The highest BCUT2D eigenvalue weighted by Crippen LogP contribution is 2.40. The molecule has 4 nitrogen and oxygen atoms in total. The van der Waals surface area contributed by atoms with E-state index in [0.717, 1.165) is 37.4 Å². The van der Waals surface area contributed by atoms with Crippen molar-refractivity contribution in [2.24, 2.45) is 0 Å². The Balaban J connectivity index is 1.46. The standard InChI is InChI=1S/C23H31N4/c1-18-5-4-14-27(18,22-9-12-24-16-22)21-8-7-20-17-26(13-10-19(20)15-21)23-6-2-3-11-25-23/h2-3,6-8,11,15,18,22,24H,4-5,9-10,12-14,16-17H2,1H3/q+1/t18-,22-,27?/m0/s1. The Kier molecular flexibility index (Phi) is 4.41. The van der Waals surface area contributed by atoms with Gasteiger partial charge in [-0.15, -0.1) is 0 Å². The largest absolute Gasteiger partial charge is 0.352 e. The van der Waals surface area contributed by atoms with Crippen molar-refractivity contribution in [3.05, 3.63) is 53.7 Å². The third-order valence-electron chi connectivity index (χ3n) is 7.28. The summed E-state index contributed by atoms with van der Waals surface area (Å²) < 4.78 is 1.21. The molecule has 5 rings (SSSR count). The minimum absolute atomic E-state index is 0.738. The van der Waals surface area contributed by atoms with Crippen molar-refractivity contribution in [3.8, 4) is 0 Å². The minimum atomic E-state index is 0.738. The number of likely N-dealkylation sites (tertiary alicyclic amines) is 1. The molecule has 4 heteroatoms. The van der Waals surface area contributed by atoms with Gasteiger partial charge in [0.15, 0.2) is 0 Å². The van der Waals surface area contributed by atoms with E-state index in [0.29, 0.717) is 0 Å². The van der Waals surface area contributed by atoms with Gasteiger partial charge in [-0.2, -0.15) is 0 Å². The summed E-state index contributed by atoms with van der Waals surface area (Å²) in [4.78, 5) is 6.95. The molecule has 0 bridgehead atoms. The summed E-state index contributed by atoms with van der Waals surface area (Å²) in [6.07, 6.45) is 7.06. The number of hydrogen-bond donors (Lipinski definition) is 1. The maximum Gasteiger partial charge on any atom is 0.133 e. The summed E-state index contributed by atoms with van der Waals surface area (Å²) in [6.45, 7) is 8.19. The van der Waals surface area contributed by atoms with Crippen LogP contribution in [0.15, 0.2) is 42.6 Å². The van der Waals surface area contributed by atoms with Crippen molar-refractivity contribution < 1.29 is 0 Å². The van der Waals surface area contributed by atoms with Gasteiger partial charge in [0.2, 0.25) is 0 Å². The molecule has 3 aliphatic rings. The van der Waals surface area contributed by atoms with Crippen molar-refractivity contribution in [3.63, 3.8) is 0 Å². The van der Waals surface area contributed by atoms with Gasteiger partial charge in [0.25, 0.3) is 0 Å². The lowest BCUT2D eigenvalue weighted by Crippen LogP contribution is -2.59. The average molecular weight is 364 g/mol. The van der Waals surface area contributed by atoms with E-state index in [4.69, 9.17) is 0 Å². The Bertz CT molecular complexity index is 799. The van der Waals surface area contributed by atoms with Gasteiger partial charge in [-0.1, -0.05) is 12.1 Å². The van der Waals surface area contributed by atoms with Gasteiger partial charge in [0, 0.05) is 57.7 Å². The van der Waals surface area contributed by atoms with Gasteiger partial charge in [0.1, 0.15) is 17.5 Å². The predicted molar refractivity (Wildman–Crippen MR) is 112 cm³/mol. The Hall–Kier alpha value is -1.91.